The molecule has 112 valence electrons. The zero-order valence-electron chi connectivity index (χ0n) is 12.8. The number of rotatable bonds is 2. The number of hydrogen-bond acceptors (Lipinski definition) is 2. The SMILES string of the molecule is CC1CCCC(O)(C2(CN)CCCCCCC2)CC1. The number of aliphatic hydroxyl groups is 1. The first kappa shape index (κ1) is 15.3. The monoisotopic (exact) mass is 267 g/mol. The van der Waals surface area contributed by atoms with Gasteiger partial charge >= 0.3 is 0 Å². The molecule has 0 aromatic carbocycles. The third-order valence-corrected chi connectivity index (χ3v) is 6.03. The van der Waals surface area contributed by atoms with Gasteiger partial charge in [-0.05, 0) is 38.0 Å². The molecule has 2 fully saturated rings. The van der Waals surface area contributed by atoms with Gasteiger partial charge in [0.15, 0.2) is 0 Å². The first-order valence-electron chi connectivity index (χ1n) is 8.54. The van der Waals surface area contributed by atoms with Crippen molar-refractivity contribution in [2.24, 2.45) is 17.1 Å². The van der Waals surface area contributed by atoms with Crippen LogP contribution in [-0.2, 0) is 0 Å². The topological polar surface area (TPSA) is 46.2 Å². The molecule has 0 amide bonds. The Hall–Kier alpha value is -0.0800. The van der Waals surface area contributed by atoms with Gasteiger partial charge in [-0.3, -0.25) is 0 Å². The van der Waals surface area contributed by atoms with Crippen molar-refractivity contribution in [1.29, 1.82) is 0 Å². The maximum Gasteiger partial charge on any atom is 0.0715 e. The van der Waals surface area contributed by atoms with Crippen LogP contribution in [0.4, 0.5) is 0 Å². The summed E-state index contributed by atoms with van der Waals surface area (Å²) >= 11 is 0. The van der Waals surface area contributed by atoms with Crippen molar-refractivity contribution in [3.05, 3.63) is 0 Å². The molecule has 2 unspecified atom stereocenters. The summed E-state index contributed by atoms with van der Waals surface area (Å²) in [6.45, 7) is 3.01. The average Bonchev–Trinajstić information content (AvgIpc) is 2.53. The van der Waals surface area contributed by atoms with E-state index in [-0.39, 0.29) is 5.41 Å². The highest BCUT2D eigenvalue weighted by Crippen LogP contribution is 2.49. The van der Waals surface area contributed by atoms with Gasteiger partial charge in [0.05, 0.1) is 5.60 Å². The fourth-order valence-corrected chi connectivity index (χ4v) is 4.47. The molecule has 2 saturated carbocycles. The van der Waals surface area contributed by atoms with Crippen LogP contribution in [-0.4, -0.2) is 17.3 Å². The van der Waals surface area contributed by atoms with Crippen molar-refractivity contribution in [2.45, 2.75) is 89.6 Å². The van der Waals surface area contributed by atoms with Gasteiger partial charge in [-0.2, -0.15) is 0 Å². The molecule has 2 heteroatoms. The van der Waals surface area contributed by atoms with Crippen LogP contribution in [0.5, 0.6) is 0 Å². The van der Waals surface area contributed by atoms with E-state index in [1.54, 1.807) is 0 Å². The van der Waals surface area contributed by atoms with Crippen LogP contribution in [0.2, 0.25) is 0 Å². The molecule has 0 spiro atoms. The highest BCUT2D eigenvalue weighted by Gasteiger charge is 2.48. The lowest BCUT2D eigenvalue weighted by Crippen LogP contribution is -2.52. The minimum atomic E-state index is -0.482. The van der Waals surface area contributed by atoms with Crippen molar-refractivity contribution in [1.82, 2.24) is 0 Å². The summed E-state index contributed by atoms with van der Waals surface area (Å²) < 4.78 is 0. The molecule has 2 nitrogen and oxygen atoms in total. The zero-order valence-corrected chi connectivity index (χ0v) is 12.8. The number of hydrogen-bond donors (Lipinski definition) is 2. The Kier molecular flexibility index (Phi) is 5.30. The smallest absolute Gasteiger partial charge is 0.0715 e. The minimum Gasteiger partial charge on any atom is -0.389 e. The van der Waals surface area contributed by atoms with Gasteiger partial charge in [-0.15, -0.1) is 0 Å². The maximum absolute atomic E-state index is 11.4. The molecule has 0 radical (unpaired) electrons. The van der Waals surface area contributed by atoms with Crippen LogP contribution in [0, 0.1) is 11.3 Å². The summed E-state index contributed by atoms with van der Waals surface area (Å²) in [5, 5.41) is 11.4. The van der Waals surface area contributed by atoms with Crippen molar-refractivity contribution in [2.75, 3.05) is 6.54 Å². The predicted molar refractivity (Wildman–Crippen MR) is 81.0 cm³/mol. The lowest BCUT2D eigenvalue weighted by Gasteiger charge is -2.48. The van der Waals surface area contributed by atoms with E-state index in [1.165, 1.54) is 51.4 Å². The molecule has 0 aliphatic heterocycles. The molecule has 0 saturated heterocycles. The summed E-state index contributed by atoms with van der Waals surface area (Å²) in [6, 6.07) is 0. The minimum absolute atomic E-state index is 0.0114. The summed E-state index contributed by atoms with van der Waals surface area (Å²) in [6.07, 6.45) is 14.4. The van der Waals surface area contributed by atoms with E-state index >= 15 is 0 Å². The van der Waals surface area contributed by atoms with Crippen LogP contribution in [0.15, 0.2) is 0 Å². The largest absolute Gasteiger partial charge is 0.389 e. The molecule has 2 aliphatic carbocycles. The van der Waals surface area contributed by atoms with Crippen LogP contribution >= 0.6 is 0 Å². The van der Waals surface area contributed by atoms with Gasteiger partial charge in [0.2, 0.25) is 0 Å². The molecule has 3 N–H and O–H groups in total. The Balaban J connectivity index is 2.16. The molecular formula is C17H33NO. The van der Waals surface area contributed by atoms with Gasteiger partial charge in [-0.25, -0.2) is 0 Å². The highest BCUT2D eigenvalue weighted by molar-refractivity contribution is 5.01. The van der Waals surface area contributed by atoms with Crippen molar-refractivity contribution in [3.63, 3.8) is 0 Å². The molecule has 19 heavy (non-hydrogen) atoms. The molecule has 0 aromatic rings. The molecule has 2 rings (SSSR count). The van der Waals surface area contributed by atoms with Gasteiger partial charge in [0.1, 0.15) is 0 Å². The second kappa shape index (κ2) is 6.58. The molecule has 2 atom stereocenters. The Morgan fingerprint density at radius 1 is 0.895 bits per heavy atom. The van der Waals surface area contributed by atoms with E-state index in [1.807, 2.05) is 0 Å². The Bertz CT molecular complexity index is 270. The van der Waals surface area contributed by atoms with E-state index in [4.69, 9.17) is 5.73 Å². The number of nitrogens with two attached hydrogens (primary N) is 1. The molecule has 2 aliphatic rings. The summed E-state index contributed by atoms with van der Waals surface area (Å²) in [7, 11) is 0. The van der Waals surface area contributed by atoms with Gasteiger partial charge < -0.3 is 10.8 Å². The Morgan fingerprint density at radius 3 is 2.16 bits per heavy atom. The standard InChI is InChI=1S/C17H33NO/c1-15-8-7-12-17(19,13-9-15)16(14-18)10-5-3-2-4-6-11-16/h15,19H,2-14,18H2,1H3. The maximum atomic E-state index is 11.4. The van der Waals surface area contributed by atoms with Gasteiger partial charge in [-0.1, -0.05) is 51.9 Å². The summed E-state index contributed by atoms with van der Waals surface area (Å²) in [5.41, 5.74) is 5.73. The Labute approximate surface area is 119 Å². The van der Waals surface area contributed by atoms with Crippen LogP contribution in [0.3, 0.4) is 0 Å². The second-order valence-corrected chi connectivity index (χ2v) is 7.32. The molecule has 0 bridgehead atoms. The van der Waals surface area contributed by atoms with E-state index in [0.29, 0.717) is 6.54 Å². The second-order valence-electron chi connectivity index (χ2n) is 7.32. The third-order valence-electron chi connectivity index (χ3n) is 6.03. The molecule has 0 heterocycles. The normalized spacial score (nSPS) is 37.1. The van der Waals surface area contributed by atoms with Gasteiger partial charge in [0.25, 0.3) is 0 Å². The first-order chi connectivity index (χ1) is 9.12. The van der Waals surface area contributed by atoms with Crippen molar-refractivity contribution in [3.8, 4) is 0 Å². The van der Waals surface area contributed by atoms with Crippen LogP contribution in [0.1, 0.15) is 84.0 Å². The third kappa shape index (κ3) is 3.33. The molecular weight excluding hydrogens is 234 g/mol. The van der Waals surface area contributed by atoms with E-state index in [9.17, 15) is 5.11 Å². The van der Waals surface area contributed by atoms with E-state index in [0.717, 1.165) is 31.6 Å². The van der Waals surface area contributed by atoms with E-state index < -0.39 is 5.60 Å². The zero-order chi connectivity index (χ0) is 13.8. The van der Waals surface area contributed by atoms with Crippen molar-refractivity contribution < 1.29 is 5.11 Å². The van der Waals surface area contributed by atoms with Crippen LogP contribution in [0.25, 0.3) is 0 Å². The fourth-order valence-electron chi connectivity index (χ4n) is 4.47. The molecule has 0 aromatic heterocycles. The highest BCUT2D eigenvalue weighted by atomic mass is 16.3. The van der Waals surface area contributed by atoms with Crippen LogP contribution < -0.4 is 5.73 Å². The van der Waals surface area contributed by atoms with Crippen molar-refractivity contribution >= 4 is 0 Å². The Morgan fingerprint density at radius 2 is 1.53 bits per heavy atom. The summed E-state index contributed by atoms with van der Waals surface area (Å²) in [4.78, 5) is 0. The predicted octanol–water partition coefficient (Wildman–Crippen LogP) is 4.01. The lowest BCUT2D eigenvalue weighted by molar-refractivity contribution is -0.105. The van der Waals surface area contributed by atoms with E-state index in [2.05, 4.69) is 6.92 Å². The first-order valence-corrected chi connectivity index (χ1v) is 8.54. The summed E-state index contributed by atoms with van der Waals surface area (Å²) in [5.74, 6) is 0.775. The quantitative estimate of drug-likeness (QED) is 0.743. The van der Waals surface area contributed by atoms with Gasteiger partial charge in [0, 0.05) is 12.0 Å². The fraction of sp³-hybridized carbons (Fsp3) is 1.00. The lowest BCUT2D eigenvalue weighted by atomic mass is 9.62. The average molecular weight is 267 g/mol.